The van der Waals surface area contributed by atoms with Crippen molar-refractivity contribution in [3.05, 3.63) is 35.4 Å². The first-order valence-electron chi connectivity index (χ1n) is 8.77. The Morgan fingerprint density at radius 3 is 2.25 bits per heavy atom. The van der Waals surface area contributed by atoms with Crippen molar-refractivity contribution < 1.29 is 14.7 Å². The van der Waals surface area contributed by atoms with Gasteiger partial charge in [-0.1, -0.05) is 31.2 Å². The minimum Gasteiger partial charge on any atom is -0.481 e. The first-order valence-corrected chi connectivity index (χ1v) is 8.77. The van der Waals surface area contributed by atoms with Gasteiger partial charge in [0.25, 0.3) is 0 Å². The molecule has 130 valence electrons. The van der Waals surface area contributed by atoms with Gasteiger partial charge < -0.3 is 15.3 Å². The van der Waals surface area contributed by atoms with Crippen molar-refractivity contribution in [1.82, 2.24) is 10.2 Å². The molecule has 2 N–H and O–H groups in total. The second-order valence-corrected chi connectivity index (χ2v) is 7.37. The van der Waals surface area contributed by atoms with E-state index in [1.54, 1.807) is 14.0 Å². The minimum atomic E-state index is -0.875. The summed E-state index contributed by atoms with van der Waals surface area (Å²) in [7, 11) is 1.67. The molecule has 2 bridgehead atoms. The lowest BCUT2D eigenvalue weighted by Gasteiger charge is -2.27. The van der Waals surface area contributed by atoms with E-state index >= 15 is 0 Å². The summed E-state index contributed by atoms with van der Waals surface area (Å²) in [5.41, 5.74) is 2.83. The monoisotopic (exact) mass is 330 g/mol. The molecule has 3 atom stereocenters. The van der Waals surface area contributed by atoms with Crippen LogP contribution >= 0.6 is 0 Å². The van der Waals surface area contributed by atoms with Crippen molar-refractivity contribution in [2.45, 2.75) is 38.6 Å². The van der Waals surface area contributed by atoms with Crippen LogP contribution in [0.15, 0.2) is 24.3 Å². The van der Waals surface area contributed by atoms with Gasteiger partial charge in [-0.15, -0.1) is 0 Å². The fraction of sp³-hybridized carbons (Fsp3) is 0.579. The van der Waals surface area contributed by atoms with Gasteiger partial charge in [-0.2, -0.15) is 0 Å². The summed E-state index contributed by atoms with van der Waals surface area (Å²) in [5.74, 6) is -0.476. The maximum Gasteiger partial charge on any atom is 0.317 e. The summed E-state index contributed by atoms with van der Waals surface area (Å²) in [6.45, 7) is 1.85. The number of nitrogens with zero attached hydrogens (tertiary/aromatic N) is 1. The molecule has 0 heterocycles. The van der Waals surface area contributed by atoms with E-state index in [2.05, 4.69) is 29.6 Å². The molecule has 0 aliphatic heterocycles. The number of rotatable bonds is 4. The fourth-order valence-corrected chi connectivity index (χ4v) is 4.21. The zero-order valence-electron chi connectivity index (χ0n) is 14.4. The molecule has 1 fully saturated rings. The Bertz CT molecular complexity index is 598. The number of benzene rings is 1. The summed E-state index contributed by atoms with van der Waals surface area (Å²) < 4.78 is 0. The van der Waals surface area contributed by atoms with Crippen LogP contribution in [0.3, 0.4) is 0 Å². The summed E-state index contributed by atoms with van der Waals surface area (Å²) >= 11 is 0. The minimum absolute atomic E-state index is 0.157. The highest BCUT2D eigenvalue weighted by Crippen LogP contribution is 2.40. The first-order chi connectivity index (χ1) is 11.5. The molecule has 2 amide bonds. The number of amides is 2. The van der Waals surface area contributed by atoms with E-state index in [-0.39, 0.29) is 18.6 Å². The topological polar surface area (TPSA) is 69.6 Å². The van der Waals surface area contributed by atoms with Gasteiger partial charge in [0.1, 0.15) is 0 Å². The van der Waals surface area contributed by atoms with Crippen LogP contribution in [0.4, 0.5) is 4.79 Å². The number of aliphatic carboxylic acids is 1. The number of carbonyl (C=O) groups excluding carboxylic acids is 1. The number of hydrogen-bond donors (Lipinski definition) is 2. The molecule has 24 heavy (non-hydrogen) atoms. The first kappa shape index (κ1) is 16.8. The fourth-order valence-electron chi connectivity index (χ4n) is 4.21. The van der Waals surface area contributed by atoms with E-state index in [4.69, 9.17) is 5.11 Å². The highest BCUT2D eigenvalue weighted by Gasteiger charge is 2.40. The van der Waals surface area contributed by atoms with Gasteiger partial charge in [-0.3, -0.25) is 4.79 Å². The predicted molar refractivity (Wildman–Crippen MR) is 91.8 cm³/mol. The van der Waals surface area contributed by atoms with E-state index in [0.29, 0.717) is 11.8 Å². The van der Waals surface area contributed by atoms with Gasteiger partial charge in [0, 0.05) is 19.6 Å². The number of carboxylic acid groups (broad SMARTS) is 1. The molecule has 5 nitrogen and oxygen atoms in total. The van der Waals surface area contributed by atoms with Crippen LogP contribution in [0.5, 0.6) is 0 Å². The maximum atomic E-state index is 12.5. The maximum absolute atomic E-state index is 12.5. The van der Waals surface area contributed by atoms with E-state index in [9.17, 15) is 9.59 Å². The molecule has 1 aromatic carbocycles. The Labute approximate surface area is 143 Å². The standard InChI is InChI=1S/C19H26N2O3/c1-12(18(22)23)11-21(2)19(24)20-17-15-7-8-16(17)10-14-6-4-3-5-13(14)9-15/h3-6,12,15-17H,7-11H2,1-2H3,(H,20,24)(H,22,23). The van der Waals surface area contributed by atoms with Crippen molar-refractivity contribution in [2.24, 2.45) is 17.8 Å². The molecule has 0 spiro atoms. The molecular weight excluding hydrogens is 304 g/mol. The molecule has 0 aromatic heterocycles. The number of carboxylic acids is 1. The van der Waals surface area contributed by atoms with Gasteiger partial charge in [-0.25, -0.2) is 4.79 Å². The third kappa shape index (κ3) is 3.40. The Kier molecular flexibility index (Phi) is 4.78. The Balaban J connectivity index is 1.66. The average molecular weight is 330 g/mol. The third-order valence-electron chi connectivity index (χ3n) is 5.61. The molecular formula is C19H26N2O3. The van der Waals surface area contributed by atoms with Crippen LogP contribution < -0.4 is 5.32 Å². The molecule has 0 saturated heterocycles. The molecule has 2 aliphatic rings. The summed E-state index contributed by atoms with van der Waals surface area (Å²) in [6.07, 6.45) is 4.35. The lowest BCUT2D eigenvalue weighted by Crippen LogP contribution is -2.48. The van der Waals surface area contributed by atoms with Crippen LogP contribution in [0, 0.1) is 17.8 Å². The summed E-state index contributed by atoms with van der Waals surface area (Å²) in [5, 5.41) is 12.2. The molecule has 2 aliphatic carbocycles. The number of nitrogens with one attached hydrogen (secondary N) is 1. The largest absolute Gasteiger partial charge is 0.481 e. The van der Waals surface area contributed by atoms with E-state index in [1.165, 1.54) is 16.0 Å². The number of carbonyl (C=O) groups is 2. The smallest absolute Gasteiger partial charge is 0.317 e. The highest BCUT2D eigenvalue weighted by molar-refractivity contribution is 5.76. The van der Waals surface area contributed by atoms with E-state index in [0.717, 1.165) is 25.7 Å². The van der Waals surface area contributed by atoms with E-state index < -0.39 is 11.9 Å². The lowest BCUT2D eigenvalue weighted by atomic mass is 9.94. The van der Waals surface area contributed by atoms with Crippen LogP contribution in [0.2, 0.25) is 0 Å². The van der Waals surface area contributed by atoms with Crippen molar-refractivity contribution in [2.75, 3.05) is 13.6 Å². The molecule has 1 saturated carbocycles. The molecule has 3 rings (SSSR count). The zero-order chi connectivity index (χ0) is 17.3. The van der Waals surface area contributed by atoms with Gasteiger partial charge in [0.2, 0.25) is 0 Å². The predicted octanol–water partition coefficient (Wildman–Crippen LogP) is 2.54. The van der Waals surface area contributed by atoms with Gasteiger partial charge in [0.15, 0.2) is 0 Å². The quantitative estimate of drug-likeness (QED) is 0.891. The number of hydrogen-bond acceptors (Lipinski definition) is 2. The average Bonchev–Trinajstić information content (AvgIpc) is 2.81. The van der Waals surface area contributed by atoms with E-state index in [1.807, 2.05) is 0 Å². The Hall–Kier alpha value is -2.04. The summed E-state index contributed by atoms with van der Waals surface area (Å²) in [4.78, 5) is 25.0. The normalized spacial score (nSPS) is 26.2. The Morgan fingerprint density at radius 2 is 1.75 bits per heavy atom. The van der Waals surface area contributed by atoms with Crippen molar-refractivity contribution in [3.63, 3.8) is 0 Å². The SMILES string of the molecule is CC(CN(C)C(=O)NC1C2CCC1Cc1ccccc1C2)C(=O)O. The molecule has 3 unspecified atom stereocenters. The number of urea groups is 1. The van der Waals surface area contributed by atoms with Gasteiger partial charge in [0.05, 0.1) is 5.92 Å². The third-order valence-corrected chi connectivity index (χ3v) is 5.61. The van der Waals surface area contributed by atoms with Crippen LogP contribution in [0.1, 0.15) is 30.9 Å². The molecule has 1 aromatic rings. The van der Waals surface area contributed by atoms with Crippen LogP contribution in [-0.4, -0.2) is 41.6 Å². The second kappa shape index (κ2) is 6.83. The molecule has 0 radical (unpaired) electrons. The Morgan fingerprint density at radius 1 is 1.21 bits per heavy atom. The summed E-state index contributed by atoms with van der Waals surface area (Å²) in [6, 6.07) is 8.62. The van der Waals surface area contributed by atoms with Crippen molar-refractivity contribution in [3.8, 4) is 0 Å². The van der Waals surface area contributed by atoms with Crippen LogP contribution in [-0.2, 0) is 17.6 Å². The van der Waals surface area contributed by atoms with Gasteiger partial charge >= 0.3 is 12.0 Å². The number of fused-ring (bicyclic) bond motifs is 3. The second-order valence-electron chi connectivity index (χ2n) is 7.37. The van der Waals surface area contributed by atoms with Crippen molar-refractivity contribution >= 4 is 12.0 Å². The van der Waals surface area contributed by atoms with Crippen LogP contribution in [0.25, 0.3) is 0 Å². The van der Waals surface area contributed by atoms with Crippen molar-refractivity contribution in [1.29, 1.82) is 0 Å². The highest BCUT2D eigenvalue weighted by atomic mass is 16.4. The molecule has 5 heteroatoms. The van der Waals surface area contributed by atoms with Gasteiger partial charge in [-0.05, 0) is 48.6 Å². The zero-order valence-corrected chi connectivity index (χ0v) is 14.4. The lowest BCUT2D eigenvalue weighted by molar-refractivity contribution is -0.141.